The van der Waals surface area contributed by atoms with E-state index in [1.807, 2.05) is 32.7 Å². The minimum atomic E-state index is -0.477. The highest BCUT2D eigenvalue weighted by Crippen LogP contribution is 2.20. The lowest BCUT2D eigenvalue weighted by Gasteiger charge is -2.25. The van der Waals surface area contributed by atoms with E-state index in [2.05, 4.69) is 9.97 Å². The van der Waals surface area contributed by atoms with Crippen molar-refractivity contribution in [1.29, 1.82) is 0 Å². The molecule has 0 bridgehead atoms. The van der Waals surface area contributed by atoms with E-state index in [9.17, 15) is 9.59 Å². The zero-order valence-electron chi connectivity index (χ0n) is 14.9. The van der Waals surface area contributed by atoms with Crippen LogP contribution < -0.4 is 0 Å². The summed E-state index contributed by atoms with van der Waals surface area (Å²) in [6.45, 7) is 8.01. The summed E-state index contributed by atoms with van der Waals surface area (Å²) in [6.07, 6.45) is 5.20. The molecule has 7 heteroatoms. The standard InChI is InChI=1S/C17H26N4O3/c1-17(2,3)24-16(23)21-8-5-13(11-21)10-20(4)12-15(22)14-9-18-6-7-19-14/h6-7,9,13H,5,8,10-12H2,1-4H3/t13-/m1/s1. The number of aromatic nitrogens is 2. The predicted molar refractivity (Wildman–Crippen MR) is 89.8 cm³/mol. The monoisotopic (exact) mass is 334 g/mol. The molecule has 2 rings (SSSR count). The highest BCUT2D eigenvalue weighted by molar-refractivity contribution is 5.95. The van der Waals surface area contributed by atoms with Crippen LogP contribution in [0.3, 0.4) is 0 Å². The van der Waals surface area contributed by atoms with Gasteiger partial charge in [-0.3, -0.25) is 14.7 Å². The lowest BCUT2D eigenvalue weighted by Crippen LogP contribution is -2.37. The molecule has 2 heterocycles. The Bertz CT molecular complexity index is 571. The first-order chi connectivity index (χ1) is 11.2. The van der Waals surface area contributed by atoms with Crippen LogP contribution >= 0.6 is 0 Å². The molecule has 1 aromatic heterocycles. The Kier molecular flexibility index (Phi) is 5.88. The fraction of sp³-hybridized carbons (Fsp3) is 0.647. The normalized spacial score (nSPS) is 18.0. The van der Waals surface area contributed by atoms with Crippen LogP contribution in [-0.4, -0.2) is 70.5 Å². The number of amides is 1. The molecule has 1 aliphatic rings. The number of ketones is 1. The van der Waals surface area contributed by atoms with E-state index in [0.717, 1.165) is 13.0 Å². The third-order valence-corrected chi connectivity index (χ3v) is 3.77. The van der Waals surface area contributed by atoms with Crippen LogP contribution in [-0.2, 0) is 4.74 Å². The fourth-order valence-electron chi connectivity index (χ4n) is 2.75. The van der Waals surface area contributed by atoms with E-state index in [0.29, 0.717) is 31.2 Å². The van der Waals surface area contributed by atoms with E-state index in [1.165, 1.54) is 12.4 Å². The Morgan fingerprint density at radius 3 is 2.75 bits per heavy atom. The molecule has 0 aliphatic carbocycles. The minimum absolute atomic E-state index is 0.0485. The predicted octanol–water partition coefficient (Wildman–Crippen LogP) is 1.85. The van der Waals surface area contributed by atoms with Gasteiger partial charge in [0.1, 0.15) is 11.3 Å². The van der Waals surface area contributed by atoms with Crippen molar-refractivity contribution in [2.45, 2.75) is 32.8 Å². The van der Waals surface area contributed by atoms with Crippen LogP contribution in [0.5, 0.6) is 0 Å². The second-order valence-electron chi connectivity index (χ2n) is 7.29. The van der Waals surface area contributed by atoms with Crippen LogP contribution in [0.1, 0.15) is 37.7 Å². The van der Waals surface area contributed by atoms with Gasteiger partial charge in [-0.15, -0.1) is 0 Å². The van der Waals surface area contributed by atoms with Gasteiger partial charge in [0, 0.05) is 32.0 Å². The number of carbonyl (C=O) groups is 2. The maximum Gasteiger partial charge on any atom is 0.410 e. The quantitative estimate of drug-likeness (QED) is 0.765. The summed E-state index contributed by atoms with van der Waals surface area (Å²) in [4.78, 5) is 35.9. The molecule has 0 aromatic carbocycles. The summed E-state index contributed by atoms with van der Waals surface area (Å²) in [5, 5.41) is 0. The Hall–Kier alpha value is -2.02. The van der Waals surface area contributed by atoms with E-state index in [-0.39, 0.29) is 11.9 Å². The number of Topliss-reactive ketones (excluding diaryl/α,β-unsaturated/α-hetero) is 1. The molecule has 1 atom stereocenters. The molecule has 1 fully saturated rings. The van der Waals surface area contributed by atoms with Gasteiger partial charge >= 0.3 is 6.09 Å². The summed E-state index contributed by atoms with van der Waals surface area (Å²) in [5.41, 5.74) is -0.0964. The first kappa shape index (κ1) is 18.3. The molecular weight excluding hydrogens is 308 g/mol. The average Bonchev–Trinajstić information content (AvgIpc) is 2.95. The Morgan fingerprint density at radius 1 is 1.38 bits per heavy atom. The third kappa shape index (κ3) is 5.56. The van der Waals surface area contributed by atoms with Gasteiger partial charge in [0.2, 0.25) is 0 Å². The molecule has 0 N–H and O–H groups in total. The SMILES string of the molecule is CN(CC(=O)c1cnccn1)C[C@H]1CCN(C(=O)OC(C)(C)C)C1. The van der Waals surface area contributed by atoms with Gasteiger partial charge in [0.05, 0.1) is 12.7 Å². The Balaban J connectivity index is 1.78. The van der Waals surface area contributed by atoms with Gasteiger partial charge in [-0.1, -0.05) is 0 Å². The number of hydrogen-bond donors (Lipinski definition) is 0. The van der Waals surface area contributed by atoms with Crippen LogP contribution in [0.4, 0.5) is 4.79 Å². The molecule has 0 saturated carbocycles. The highest BCUT2D eigenvalue weighted by atomic mass is 16.6. The van der Waals surface area contributed by atoms with Crippen molar-refractivity contribution in [3.8, 4) is 0 Å². The van der Waals surface area contributed by atoms with Crippen molar-refractivity contribution < 1.29 is 14.3 Å². The topological polar surface area (TPSA) is 75.6 Å². The largest absolute Gasteiger partial charge is 0.444 e. The van der Waals surface area contributed by atoms with Crippen molar-refractivity contribution in [1.82, 2.24) is 19.8 Å². The summed E-state index contributed by atoms with van der Waals surface area (Å²) >= 11 is 0. The molecule has 132 valence electrons. The molecule has 0 spiro atoms. The van der Waals surface area contributed by atoms with Crippen molar-refractivity contribution >= 4 is 11.9 Å². The molecule has 1 aliphatic heterocycles. The summed E-state index contributed by atoms with van der Waals surface area (Å²) in [6, 6.07) is 0. The Morgan fingerprint density at radius 2 is 2.12 bits per heavy atom. The molecule has 24 heavy (non-hydrogen) atoms. The van der Waals surface area contributed by atoms with Gasteiger partial charge in [0.25, 0.3) is 0 Å². The summed E-state index contributed by atoms with van der Waals surface area (Å²) in [5.74, 6) is 0.296. The first-order valence-corrected chi connectivity index (χ1v) is 8.20. The van der Waals surface area contributed by atoms with Gasteiger partial charge in [0.15, 0.2) is 5.78 Å². The van der Waals surface area contributed by atoms with Crippen molar-refractivity contribution in [2.75, 3.05) is 33.2 Å². The van der Waals surface area contributed by atoms with E-state index < -0.39 is 5.60 Å². The Labute approximate surface area is 143 Å². The van der Waals surface area contributed by atoms with Gasteiger partial charge in [-0.25, -0.2) is 9.78 Å². The van der Waals surface area contributed by atoms with E-state index in [1.54, 1.807) is 11.1 Å². The zero-order chi connectivity index (χ0) is 17.7. The van der Waals surface area contributed by atoms with Gasteiger partial charge in [-0.05, 0) is 40.2 Å². The minimum Gasteiger partial charge on any atom is -0.444 e. The fourth-order valence-corrected chi connectivity index (χ4v) is 2.75. The maximum absolute atomic E-state index is 12.1. The number of nitrogens with zero attached hydrogens (tertiary/aromatic N) is 4. The van der Waals surface area contributed by atoms with Gasteiger partial charge in [-0.2, -0.15) is 0 Å². The van der Waals surface area contributed by atoms with Crippen LogP contribution in [0.15, 0.2) is 18.6 Å². The van der Waals surface area contributed by atoms with Crippen LogP contribution in [0, 0.1) is 5.92 Å². The summed E-state index contributed by atoms with van der Waals surface area (Å²) in [7, 11) is 1.91. The molecule has 7 nitrogen and oxygen atoms in total. The lowest BCUT2D eigenvalue weighted by atomic mass is 10.1. The number of likely N-dealkylation sites (N-methyl/N-ethyl adjacent to an activating group) is 1. The number of hydrogen-bond acceptors (Lipinski definition) is 6. The first-order valence-electron chi connectivity index (χ1n) is 8.20. The second-order valence-corrected chi connectivity index (χ2v) is 7.29. The lowest BCUT2D eigenvalue weighted by molar-refractivity contribution is 0.0285. The molecule has 0 unspecified atom stereocenters. The average molecular weight is 334 g/mol. The highest BCUT2D eigenvalue weighted by Gasteiger charge is 2.30. The van der Waals surface area contributed by atoms with E-state index in [4.69, 9.17) is 4.74 Å². The maximum atomic E-state index is 12.1. The van der Waals surface area contributed by atoms with Gasteiger partial charge < -0.3 is 9.64 Å². The number of likely N-dealkylation sites (tertiary alicyclic amines) is 1. The van der Waals surface area contributed by atoms with Crippen molar-refractivity contribution in [2.24, 2.45) is 5.92 Å². The molecular formula is C17H26N4O3. The number of rotatable bonds is 5. The second kappa shape index (κ2) is 7.70. The van der Waals surface area contributed by atoms with Crippen LogP contribution in [0.25, 0.3) is 0 Å². The van der Waals surface area contributed by atoms with Crippen molar-refractivity contribution in [3.63, 3.8) is 0 Å². The molecule has 0 radical (unpaired) electrons. The number of ether oxygens (including phenoxy) is 1. The van der Waals surface area contributed by atoms with Crippen molar-refractivity contribution in [3.05, 3.63) is 24.3 Å². The number of carbonyl (C=O) groups excluding carboxylic acids is 2. The molecule has 1 aromatic rings. The molecule has 1 amide bonds. The smallest absolute Gasteiger partial charge is 0.410 e. The third-order valence-electron chi connectivity index (χ3n) is 3.77. The zero-order valence-corrected chi connectivity index (χ0v) is 14.9. The van der Waals surface area contributed by atoms with Crippen LogP contribution in [0.2, 0.25) is 0 Å². The summed E-state index contributed by atoms with van der Waals surface area (Å²) < 4.78 is 5.40. The molecule has 1 saturated heterocycles. The van der Waals surface area contributed by atoms with E-state index >= 15 is 0 Å².